The van der Waals surface area contributed by atoms with Gasteiger partial charge in [0, 0.05) is 56.5 Å². The summed E-state index contributed by atoms with van der Waals surface area (Å²) in [5.74, 6) is 1.04. The molecule has 2 amide bonds. The van der Waals surface area contributed by atoms with Crippen molar-refractivity contribution in [3.8, 4) is 5.88 Å². The summed E-state index contributed by atoms with van der Waals surface area (Å²) in [7, 11) is 0. The minimum Gasteiger partial charge on any atom is -0.477 e. The molecule has 0 saturated carbocycles. The quantitative estimate of drug-likeness (QED) is 0.577. The molecule has 1 aromatic rings. The molecule has 162 valence electrons. The third-order valence-electron chi connectivity index (χ3n) is 5.52. The maximum atomic E-state index is 12.4. The summed E-state index contributed by atoms with van der Waals surface area (Å²) >= 11 is 0. The summed E-state index contributed by atoms with van der Waals surface area (Å²) in [5, 5.41) is 5.98. The molecule has 2 aliphatic heterocycles. The number of nitrogens with one attached hydrogen (secondary N) is 2. The van der Waals surface area contributed by atoms with Gasteiger partial charge in [0.1, 0.15) is 0 Å². The van der Waals surface area contributed by atoms with E-state index >= 15 is 0 Å². The molecule has 2 fully saturated rings. The van der Waals surface area contributed by atoms with Crippen molar-refractivity contribution in [2.45, 2.75) is 38.8 Å². The Balaban J connectivity index is 1.48. The van der Waals surface area contributed by atoms with Crippen LogP contribution in [0.4, 0.5) is 4.79 Å². The number of unbranched alkanes of at least 4 members (excludes halogenated alkanes) is 1. The normalized spacial score (nSPS) is 20.9. The van der Waals surface area contributed by atoms with Crippen molar-refractivity contribution >= 4 is 6.03 Å². The van der Waals surface area contributed by atoms with E-state index in [4.69, 9.17) is 14.2 Å². The molecule has 2 aliphatic rings. The number of carbonyl (C=O) groups excluding carboxylic acids is 1. The van der Waals surface area contributed by atoms with Gasteiger partial charge >= 0.3 is 6.03 Å². The van der Waals surface area contributed by atoms with E-state index in [1.165, 1.54) is 0 Å². The molecule has 2 unspecified atom stereocenters. The van der Waals surface area contributed by atoms with E-state index in [1.54, 1.807) is 6.20 Å². The van der Waals surface area contributed by atoms with Gasteiger partial charge in [-0.2, -0.15) is 0 Å². The zero-order valence-corrected chi connectivity index (χ0v) is 17.4. The molecule has 1 aromatic heterocycles. The zero-order valence-electron chi connectivity index (χ0n) is 17.4. The van der Waals surface area contributed by atoms with Crippen LogP contribution in [0.3, 0.4) is 0 Å². The Bertz CT molecular complexity index is 618. The topological polar surface area (TPSA) is 85.0 Å². The number of morpholine rings is 1. The van der Waals surface area contributed by atoms with E-state index < -0.39 is 0 Å². The molecule has 0 radical (unpaired) electrons. The average molecular weight is 407 g/mol. The van der Waals surface area contributed by atoms with Crippen LogP contribution >= 0.6 is 0 Å². The van der Waals surface area contributed by atoms with Crippen molar-refractivity contribution in [3.05, 3.63) is 23.9 Å². The lowest BCUT2D eigenvalue weighted by atomic mass is 9.97. The average Bonchev–Trinajstić information content (AvgIpc) is 3.29. The Morgan fingerprint density at radius 1 is 1.31 bits per heavy atom. The molecular formula is C21H34N4O4. The molecule has 29 heavy (non-hydrogen) atoms. The minimum atomic E-state index is -0.175. The predicted molar refractivity (Wildman–Crippen MR) is 110 cm³/mol. The molecule has 8 heteroatoms. The number of aromatic nitrogens is 1. The maximum absolute atomic E-state index is 12.4. The second kappa shape index (κ2) is 11.9. The van der Waals surface area contributed by atoms with Crippen molar-refractivity contribution in [2.75, 3.05) is 52.7 Å². The van der Waals surface area contributed by atoms with Crippen LogP contribution in [-0.4, -0.2) is 74.6 Å². The van der Waals surface area contributed by atoms with Gasteiger partial charge in [0.05, 0.1) is 26.4 Å². The Morgan fingerprint density at radius 2 is 2.17 bits per heavy atom. The monoisotopic (exact) mass is 406 g/mol. The number of carbonyl (C=O) groups is 1. The van der Waals surface area contributed by atoms with E-state index in [0.717, 1.165) is 64.3 Å². The summed E-state index contributed by atoms with van der Waals surface area (Å²) in [6.45, 7) is 8.61. The van der Waals surface area contributed by atoms with Crippen LogP contribution in [0.15, 0.2) is 18.3 Å². The summed E-state index contributed by atoms with van der Waals surface area (Å²) in [6.07, 6.45) is 4.80. The molecule has 3 heterocycles. The van der Waals surface area contributed by atoms with E-state index in [0.29, 0.717) is 31.5 Å². The molecule has 8 nitrogen and oxygen atoms in total. The second-order valence-electron chi connectivity index (χ2n) is 7.57. The SMILES string of the molecule is CCCCOc1ncccc1CNC(=O)NCC(C1CCOC1)N1CCOCC1. The zero-order chi connectivity index (χ0) is 20.3. The Morgan fingerprint density at radius 3 is 2.93 bits per heavy atom. The van der Waals surface area contributed by atoms with Gasteiger partial charge in [-0.05, 0) is 18.9 Å². The van der Waals surface area contributed by atoms with Crippen LogP contribution in [0.25, 0.3) is 0 Å². The lowest BCUT2D eigenvalue weighted by Crippen LogP contribution is -2.53. The highest BCUT2D eigenvalue weighted by molar-refractivity contribution is 5.73. The number of pyridine rings is 1. The van der Waals surface area contributed by atoms with Crippen molar-refractivity contribution < 1.29 is 19.0 Å². The number of hydrogen-bond donors (Lipinski definition) is 2. The van der Waals surface area contributed by atoms with Gasteiger partial charge in [0.2, 0.25) is 5.88 Å². The summed E-state index contributed by atoms with van der Waals surface area (Å²) in [6, 6.07) is 3.89. The van der Waals surface area contributed by atoms with Crippen LogP contribution in [0.1, 0.15) is 31.7 Å². The third-order valence-corrected chi connectivity index (χ3v) is 5.52. The summed E-state index contributed by atoms with van der Waals surface area (Å²) in [4.78, 5) is 19.1. The van der Waals surface area contributed by atoms with Crippen molar-refractivity contribution in [1.82, 2.24) is 20.5 Å². The first kappa shape index (κ1) is 21.8. The van der Waals surface area contributed by atoms with Gasteiger partial charge in [0.15, 0.2) is 0 Å². The molecule has 3 rings (SSSR count). The predicted octanol–water partition coefficient (Wildman–Crippen LogP) is 1.80. The minimum absolute atomic E-state index is 0.175. The van der Waals surface area contributed by atoms with Crippen LogP contribution in [0.2, 0.25) is 0 Å². The Kier molecular flexibility index (Phi) is 8.98. The third kappa shape index (κ3) is 6.83. The fraction of sp³-hybridized carbons (Fsp3) is 0.714. The largest absolute Gasteiger partial charge is 0.477 e. The van der Waals surface area contributed by atoms with Gasteiger partial charge in [-0.25, -0.2) is 9.78 Å². The Hall–Kier alpha value is -1.90. The molecule has 0 spiro atoms. The van der Waals surface area contributed by atoms with Crippen LogP contribution in [-0.2, 0) is 16.0 Å². The lowest BCUT2D eigenvalue weighted by Gasteiger charge is -2.37. The first-order chi connectivity index (χ1) is 14.3. The van der Waals surface area contributed by atoms with Gasteiger partial charge in [-0.15, -0.1) is 0 Å². The first-order valence-corrected chi connectivity index (χ1v) is 10.8. The highest BCUT2D eigenvalue weighted by Crippen LogP contribution is 2.22. The number of nitrogens with zero attached hydrogens (tertiary/aromatic N) is 2. The molecule has 0 aliphatic carbocycles. The van der Waals surface area contributed by atoms with Gasteiger partial charge in [-0.1, -0.05) is 19.4 Å². The molecule has 2 saturated heterocycles. The highest BCUT2D eigenvalue weighted by Gasteiger charge is 2.31. The van der Waals surface area contributed by atoms with E-state index in [9.17, 15) is 4.79 Å². The van der Waals surface area contributed by atoms with Crippen molar-refractivity contribution in [3.63, 3.8) is 0 Å². The smallest absolute Gasteiger partial charge is 0.315 e. The highest BCUT2D eigenvalue weighted by atomic mass is 16.5. The Labute approximate surface area is 173 Å². The standard InChI is InChI=1S/C21H34N4O4/c1-2-3-10-29-20-17(5-4-7-22-20)14-23-21(26)24-15-19(18-6-11-28-16-18)25-8-12-27-13-9-25/h4-5,7,18-19H,2-3,6,8-16H2,1H3,(H2,23,24,26). The molecule has 2 atom stereocenters. The fourth-order valence-electron chi connectivity index (χ4n) is 3.80. The summed E-state index contributed by atoms with van der Waals surface area (Å²) < 4.78 is 16.8. The van der Waals surface area contributed by atoms with Crippen LogP contribution in [0.5, 0.6) is 5.88 Å². The summed E-state index contributed by atoms with van der Waals surface area (Å²) in [5.41, 5.74) is 0.882. The van der Waals surface area contributed by atoms with E-state index in [2.05, 4.69) is 27.4 Å². The molecule has 0 aromatic carbocycles. The maximum Gasteiger partial charge on any atom is 0.315 e. The number of rotatable bonds is 10. The van der Waals surface area contributed by atoms with Crippen LogP contribution in [0, 0.1) is 5.92 Å². The lowest BCUT2D eigenvalue weighted by molar-refractivity contribution is 0.00212. The van der Waals surface area contributed by atoms with E-state index in [1.807, 2.05) is 12.1 Å². The number of urea groups is 1. The van der Waals surface area contributed by atoms with E-state index in [-0.39, 0.29) is 12.1 Å². The second-order valence-corrected chi connectivity index (χ2v) is 7.57. The molecule has 0 bridgehead atoms. The van der Waals surface area contributed by atoms with Gasteiger partial charge in [-0.3, -0.25) is 4.90 Å². The van der Waals surface area contributed by atoms with Gasteiger partial charge in [0.25, 0.3) is 0 Å². The fourth-order valence-corrected chi connectivity index (χ4v) is 3.80. The van der Waals surface area contributed by atoms with Crippen molar-refractivity contribution in [2.24, 2.45) is 5.92 Å². The first-order valence-electron chi connectivity index (χ1n) is 10.8. The van der Waals surface area contributed by atoms with Gasteiger partial charge < -0.3 is 24.8 Å². The van der Waals surface area contributed by atoms with Crippen LogP contribution < -0.4 is 15.4 Å². The number of hydrogen-bond acceptors (Lipinski definition) is 6. The number of amides is 2. The molecule has 2 N–H and O–H groups in total. The molecular weight excluding hydrogens is 372 g/mol. The number of ether oxygens (including phenoxy) is 3. The van der Waals surface area contributed by atoms with Crippen molar-refractivity contribution in [1.29, 1.82) is 0 Å².